The molecule has 1 saturated heterocycles. The number of rotatable bonds is 1. The second kappa shape index (κ2) is 5.19. The van der Waals surface area contributed by atoms with E-state index in [1.807, 2.05) is 0 Å². The van der Waals surface area contributed by atoms with Crippen LogP contribution in [0.25, 0.3) is 0 Å². The van der Waals surface area contributed by atoms with Crippen molar-refractivity contribution in [2.75, 3.05) is 0 Å². The molecule has 0 aromatic rings. The Morgan fingerprint density at radius 3 is 2.07 bits per heavy atom. The minimum atomic E-state index is -1.78. The first-order valence-electron chi connectivity index (χ1n) is 3.80. The molecule has 1 heterocycles. The molecule has 1 aliphatic rings. The van der Waals surface area contributed by atoms with Crippen LogP contribution in [0.5, 0.6) is 0 Å². The molecule has 7 N–H and O–H groups in total. The maximum Gasteiger partial charge on any atom is 0.209 e. The zero-order chi connectivity index (χ0) is 10.9. The smallest absolute Gasteiger partial charge is 0.209 e. The lowest BCUT2D eigenvalue weighted by Crippen LogP contribution is -2.57. The number of hydrogen-bond donors (Lipinski definition) is 5. The van der Waals surface area contributed by atoms with Gasteiger partial charge >= 0.3 is 0 Å². The summed E-state index contributed by atoms with van der Waals surface area (Å²) in [7, 11) is 0. The van der Waals surface area contributed by atoms with Crippen LogP contribution in [-0.4, -0.2) is 67.7 Å². The van der Waals surface area contributed by atoms with Crippen LogP contribution in [-0.2, 0) is 9.53 Å². The molecular formula is C7H12O8. The molecule has 88 valence electrons. The van der Waals surface area contributed by atoms with E-state index in [0.29, 0.717) is 0 Å². The summed E-state index contributed by atoms with van der Waals surface area (Å²) in [5, 5.41) is 45.2. The van der Waals surface area contributed by atoms with Gasteiger partial charge in [0, 0.05) is 0 Å². The van der Waals surface area contributed by atoms with Gasteiger partial charge in [-0.1, -0.05) is 0 Å². The average molecular weight is 224 g/mol. The van der Waals surface area contributed by atoms with E-state index in [-0.39, 0.29) is 5.48 Å². The van der Waals surface area contributed by atoms with E-state index in [1.165, 1.54) is 0 Å². The number of hydrogen-bond acceptors (Lipinski definition) is 7. The lowest BCUT2D eigenvalue weighted by molar-refractivity contribution is -0.277. The SMILES string of the molecule is O.O=C=C(O)[C@H]1O[C@@H](O)[C@H](O)[C@@H](O)[C@@H]1O. The van der Waals surface area contributed by atoms with Gasteiger partial charge in [0.1, 0.15) is 18.3 Å². The van der Waals surface area contributed by atoms with Gasteiger partial charge in [-0.3, -0.25) is 0 Å². The number of aliphatic hydroxyl groups is 5. The summed E-state index contributed by atoms with van der Waals surface area (Å²) in [6.07, 6.45) is -8.47. The van der Waals surface area contributed by atoms with Crippen molar-refractivity contribution in [3.8, 4) is 0 Å². The van der Waals surface area contributed by atoms with Crippen LogP contribution < -0.4 is 0 Å². The van der Waals surface area contributed by atoms with Crippen molar-refractivity contribution in [1.82, 2.24) is 0 Å². The van der Waals surface area contributed by atoms with Crippen molar-refractivity contribution >= 4 is 5.94 Å². The second-order valence-electron chi connectivity index (χ2n) is 2.91. The van der Waals surface area contributed by atoms with Crippen LogP contribution in [0.4, 0.5) is 0 Å². The summed E-state index contributed by atoms with van der Waals surface area (Å²) < 4.78 is 4.48. The monoisotopic (exact) mass is 224 g/mol. The highest BCUT2D eigenvalue weighted by atomic mass is 16.6. The van der Waals surface area contributed by atoms with E-state index in [1.54, 1.807) is 0 Å². The van der Waals surface area contributed by atoms with Crippen LogP contribution >= 0.6 is 0 Å². The van der Waals surface area contributed by atoms with Crippen molar-refractivity contribution in [3.63, 3.8) is 0 Å². The van der Waals surface area contributed by atoms with Crippen LogP contribution in [0.3, 0.4) is 0 Å². The van der Waals surface area contributed by atoms with Gasteiger partial charge in [-0.05, 0) is 0 Å². The summed E-state index contributed by atoms with van der Waals surface area (Å²) in [4.78, 5) is 10.0. The van der Waals surface area contributed by atoms with Gasteiger partial charge in [0.25, 0.3) is 0 Å². The quantitative estimate of drug-likeness (QED) is 0.226. The fourth-order valence-electron chi connectivity index (χ4n) is 1.15. The third-order valence-electron chi connectivity index (χ3n) is 1.96. The highest BCUT2D eigenvalue weighted by Gasteiger charge is 2.45. The summed E-state index contributed by atoms with van der Waals surface area (Å²) in [5.41, 5.74) is 0. The Kier molecular flexibility index (Phi) is 4.85. The Hall–Kier alpha value is -0.990. The van der Waals surface area contributed by atoms with E-state index < -0.39 is 36.5 Å². The van der Waals surface area contributed by atoms with E-state index in [2.05, 4.69) is 4.74 Å². The third-order valence-corrected chi connectivity index (χ3v) is 1.96. The molecule has 0 radical (unpaired) electrons. The molecule has 0 amide bonds. The highest BCUT2D eigenvalue weighted by Crippen LogP contribution is 2.22. The van der Waals surface area contributed by atoms with Crippen LogP contribution in [0.2, 0.25) is 0 Å². The lowest BCUT2D eigenvalue weighted by Gasteiger charge is -2.37. The van der Waals surface area contributed by atoms with Crippen molar-refractivity contribution in [2.24, 2.45) is 0 Å². The van der Waals surface area contributed by atoms with Crippen LogP contribution in [0.1, 0.15) is 0 Å². The Labute approximate surface area is 84.0 Å². The number of carbonyl (C=O) groups excluding carboxylic acids is 1. The van der Waals surface area contributed by atoms with E-state index in [0.717, 1.165) is 5.94 Å². The first kappa shape index (κ1) is 14.0. The average Bonchev–Trinajstić information content (AvgIpc) is 2.19. The van der Waals surface area contributed by atoms with E-state index in [9.17, 15) is 9.90 Å². The minimum Gasteiger partial charge on any atom is -0.500 e. The van der Waals surface area contributed by atoms with Crippen molar-refractivity contribution in [2.45, 2.75) is 30.7 Å². The molecule has 1 aliphatic heterocycles. The van der Waals surface area contributed by atoms with Crippen molar-refractivity contribution < 1.29 is 40.5 Å². The van der Waals surface area contributed by atoms with Crippen molar-refractivity contribution in [1.29, 1.82) is 0 Å². The fraction of sp³-hybridized carbons (Fsp3) is 0.714. The van der Waals surface area contributed by atoms with Gasteiger partial charge in [0.15, 0.2) is 18.3 Å². The molecule has 15 heavy (non-hydrogen) atoms. The molecule has 8 nitrogen and oxygen atoms in total. The van der Waals surface area contributed by atoms with Gasteiger partial charge in [-0.15, -0.1) is 0 Å². The zero-order valence-electron chi connectivity index (χ0n) is 7.44. The first-order chi connectivity index (χ1) is 6.49. The Balaban J connectivity index is 0.00000196. The van der Waals surface area contributed by atoms with Gasteiger partial charge in [-0.25, -0.2) is 4.79 Å². The molecule has 1 rings (SSSR count). The largest absolute Gasteiger partial charge is 0.500 e. The van der Waals surface area contributed by atoms with Gasteiger partial charge in [0.2, 0.25) is 5.76 Å². The second-order valence-corrected chi connectivity index (χ2v) is 2.91. The van der Waals surface area contributed by atoms with Crippen LogP contribution in [0, 0.1) is 0 Å². The molecule has 0 saturated carbocycles. The Morgan fingerprint density at radius 1 is 1.07 bits per heavy atom. The summed E-state index contributed by atoms with van der Waals surface area (Å²) in [5.74, 6) is 0.0706. The van der Waals surface area contributed by atoms with E-state index >= 15 is 0 Å². The van der Waals surface area contributed by atoms with E-state index in [4.69, 9.17) is 20.4 Å². The predicted octanol–water partition coefficient (Wildman–Crippen LogP) is -3.76. The third kappa shape index (κ3) is 2.52. The van der Waals surface area contributed by atoms with Gasteiger partial charge in [-0.2, -0.15) is 0 Å². The lowest BCUT2D eigenvalue weighted by atomic mass is 9.98. The van der Waals surface area contributed by atoms with Gasteiger partial charge < -0.3 is 35.7 Å². The Bertz CT molecular complexity index is 260. The summed E-state index contributed by atoms with van der Waals surface area (Å²) >= 11 is 0. The normalized spacial score (nSPS) is 40.1. The summed E-state index contributed by atoms with van der Waals surface area (Å²) in [6.45, 7) is 0. The number of aliphatic hydroxyl groups excluding tert-OH is 5. The van der Waals surface area contributed by atoms with Gasteiger partial charge in [0.05, 0.1) is 0 Å². The Morgan fingerprint density at radius 2 is 1.60 bits per heavy atom. The number of ether oxygens (including phenoxy) is 1. The molecule has 0 aromatic heterocycles. The zero-order valence-corrected chi connectivity index (χ0v) is 7.44. The molecule has 0 unspecified atom stereocenters. The standard InChI is InChI=1S/C7H10O7.H2O/c8-1-2(9)6-4(11)3(10)5(12)7(13)14-6;/h3-7,9-13H;1H2/t3-,4-,5+,6+,7+;/m0./s1. The molecule has 5 atom stereocenters. The highest BCUT2D eigenvalue weighted by molar-refractivity contribution is 5.50. The molecule has 8 heteroatoms. The maximum atomic E-state index is 10.0. The molecule has 1 fully saturated rings. The molecule has 0 aliphatic carbocycles. The minimum absolute atomic E-state index is 0. The molecule has 0 aromatic carbocycles. The first-order valence-corrected chi connectivity index (χ1v) is 3.80. The maximum absolute atomic E-state index is 10.0. The van der Waals surface area contributed by atoms with Crippen molar-refractivity contribution in [3.05, 3.63) is 5.76 Å². The molecular weight excluding hydrogens is 212 g/mol. The molecule has 0 bridgehead atoms. The topological polar surface area (TPSA) is 159 Å². The predicted molar refractivity (Wildman–Crippen MR) is 44.3 cm³/mol. The van der Waals surface area contributed by atoms with Crippen LogP contribution in [0.15, 0.2) is 5.76 Å². The summed E-state index contributed by atoms with van der Waals surface area (Å²) in [6, 6.07) is 0. The molecule has 0 spiro atoms. The fourth-order valence-corrected chi connectivity index (χ4v) is 1.15.